The molecule has 1 fully saturated rings. The summed E-state index contributed by atoms with van der Waals surface area (Å²) in [5.41, 5.74) is 2.25. The average molecular weight is 433 g/mol. The number of para-hydroxylation sites is 1. The van der Waals surface area contributed by atoms with Crippen molar-refractivity contribution in [1.29, 1.82) is 0 Å². The Kier molecular flexibility index (Phi) is 4.50. The maximum Gasteiger partial charge on any atom is 0.326 e. The van der Waals surface area contributed by atoms with E-state index < -0.39 is 17.6 Å². The van der Waals surface area contributed by atoms with Gasteiger partial charge < -0.3 is 20.1 Å². The van der Waals surface area contributed by atoms with Crippen LogP contribution in [0.25, 0.3) is 10.9 Å². The van der Waals surface area contributed by atoms with Crippen LogP contribution in [0, 0.1) is 11.3 Å². The predicted octanol–water partition coefficient (Wildman–Crippen LogP) is 3.60. The molecule has 1 aromatic heterocycles. The number of carbonyl (C=O) groups is 2. The lowest BCUT2D eigenvalue weighted by Crippen LogP contribution is -2.48. The first-order valence-electron chi connectivity index (χ1n) is 11.0. The molecule has 0 saturated heterocycles. The quantitative estimate of drug-likeness (QED) is 0.687. The number of carbonyl (C=O) groups excluding carboxylic acids is 1. The number of rotatable bonds is 4. The van der Waals surface area contributed by atoms with E-state index in [1.807, 2.05) is 42.6 Å². The number of H-pyrrole nitrogens is 1. The van der Waals surface area contributed by atoms with E-state index in [0.29, 0.717) is 36.1 Å². The van der Waals surface area contributed by atoms with Crippen LogP contribution in [0.3, 0.4) is 0 Å². The number of carboxylic acids is 1. The molecule has 1 saturated carbocycles. The number of Topliss-reactive ketones (excluding diaryl/α,β-unsaturated/α-hetero) is 1. The van der Waals surface area contributed by atoms with Gasteiger partial charge in [-0.25, -0.2) is 4.79 Å². The molecule has 0 radical (unpaired) electrons. The Morgan fingerprint density at radius 3 is 2.78 bits per heavy atom. The second-order valence-corrected chi connectivity index (χ2v) is 10.1. The minimum absolute atomic E-state index is 0.0979. The lowest BCUT2D eigenvalue weighted by molar-refractivity contribution is -0.142. The fourth-order valence-corrected chi connectivity index (χ4v) is 5.61. The second-order valence-electron chi connectivity index (χ2n) is 10.1. The van der Waals surface area contributed by atoms with Crippen molar-refractivity contribution in [3.8, 4) is 0 Å². The van der Waals surface area contributed by atoms with E-state index in [9.17, 15) is 19.8 Å². The molecular weight excluding hydrogens is 404 g/mol. The summed E-state index contributed by atoms with van der Waals surface area (Å²) in [6.45, 7) is 6.25. The van der Waals surface area contributed by atoms with Gasteiger partial charge in [0.2, 0.25) is 0 Å². The van der Waals surface area contributed by atoms with Gasteiger partial charge in [0.05, 0.1) is 5.60 Å². The van der Waals surface area contributed by atoms with Crippen LogP contribution in [-0.4, -0.2) is 50.0 Å². The van der Waals surface area contributed by atoms with Crippen molar-refractivity contribution in [1.82, 2.24) is 9.88 Å². The third-order valence-corrected chi connectivity index (χ3v) is 7.25. The monoisotopic (exact) mass is 432 g/mol. The van der Waals surface area contributed by atoms with Gasteiger partial charge in [0.15, 0.2) is 5.78 Å². The summed E-state index contributed by atoms with van der Waals surface area (Å²) in [5, 5.41) is 22.4. The number of nitrogens with zero attached hydrogens (tertiary/aromatic N) is 1. The molecule has 3 atom stereocenters. The molecule has 6 heteroatoms. The number of benzene rings is 1. The molecule has 3 N–H and O–H groups in total. The zero-order valence-corrected chi connectivity index (χ0v) is 18.6. The first-order chi connectivity index (χ1) is 15.1. The zero-order valence-electron chi connectivity index (χ0n) is 18.6. The Balaban J connectivity index is 1.50. The molecule has 6 nitrogen and oxygen atoms in total. The molecular formula is C26H28N2O4. The molecule has 2 aliphatic carbocycles. The van der Waals surface area contributed by atoms with Crippen molar-refractivity contribution >= 4 is 22.7 Å². The predicted molar refractivity (Wildman–Crippen MR) is 122 cm³/mol. The molecule has 5 rings (SSSR count). The molecule has 2 heterocycles. The molecule has 1 aromatic carbocycles. The Labute approximate surface area is 186 Å². The van der Waals surface area contributed by atoms with Gasteiger partial charge in [-0.1, -0.05) is 44.2 Å². The number of aliphatic hydroxyl groups is 1. The SMILES string of the molecule is CC1(C)C=C2C(=O)C3=CN(C(Cc4c[nH]c5ccccc45)C(=O)O)CC=C3C(C)(O)C2C1. The van der Waals surface area contributed by atoms with E-state index in [1.54, 1.807) is 18.0 Å². The number of nitrogens with one attached hydrogen (secondary N) is 1. The van der Waals surface area contributed by atoms with E-state index in [2.05, 4.69) is 18.8 Å². The number of hydrogen-bond donors (Lipinski definition) is 3. The molecule has 2 aromatic rings. The third-order valence-electron chi connectivity index (χ3n) is 7.25. The summed E-state index contributed by atoms with van der Waals surface area (Å²) in [5.74, 6) is -1.28. The van der Waals surface area contributed by atoms with Crippen LogP contribution in [0.1, 0.15) is 32.8 Å². The van der Waals surface area contributed by atoms with Gasteiger partial charge in [0.25, 0.3) is 0 Å². The standard InChI is InChI=1S/C26H28N2O4/c1-25(2)11-17-20(12-25)26(3,32)19-8-9-28(14-18(19)23(17)29)22(24(30)31)10-15-13-27-21-7-5-4-6-16(15)21/h4-8,11,13-14,20,22,27,32H,9-10,12H2,1-3H3,(H,30,31). The Hall–Kier alpha value is -3.12. The molecule has 3 unspecified atom stereocenters. The lowest BCUT2D eigenvalue weighted by Gasteiger charge is -2.43. The lowest BCUT2D eigenvalue weighted by atomic mass is 9.67. The molecule has 0 spiro atoms. The van der Waals surface area contributed by atoms with Crippen LogP contribution in [0.15, 0.2) is 65.5 Å². The minimum atomic E-state index is -1.15. The fraction of sp³-hybridized carbons (Fsp3) is 0.385. The summed E-state index contributed by atoms with van der Waals surface area (Å²) < 4.78 is 0. The highest BCUT2D eigenvalue weighted by atomic mass is 16.4. The summed E-state index contributed by atoms with van der Waals surface area (Å²) in [4.78, 5) is 30.5. The van der Waals surface area contributed by atoms with E-state index in [1.165, 1.54) is 0 Å². The number of hydrogen-bond acceptors (Lipinski definition) is 4. The van der Waals surface area contributed by atoms with E-state index in [0.717, 1.165) is 16.5 Å². The summed E-state index contributed by atoms with van der Waals surface area (Å²) in [6, 6.07) is 6.98. The average Bonchev–Trinajstić information content (AvgIpc) is 3.31. The van der Waals surface area contributed by atoms with Gasteiger partial charge in [-0.15, -0.1) is 0 Å². The molecule has 0 bridgehead atoms. The zero-order chi connectivity index (χ0) is 22.8. The highest BCUT2D eigenvalue weighted by Gasteiger charge is 2.53. The number of fused-ring (bicyclic) bond motifs is 3. The van der Waals surface area contributed by atoms with Crippen LogP contribution in [0.5, 0.6) is 0 Å². The number of carboxylic acid groups (broad SMARTS) is 1. The number of ketones is 1. The fourth-order valence-electron chi connectivity index (χ4n) is 5.61. The van der Waals surface area contributed by atoms with Gasteiger partial charge in [0, 0.05) is 53.3 Å². The van der Waals surface area contributed by atoms with Gasteiger partial charge in [-0.2, -0.15) is 0 Å². The number of aliphatic carboxylic acids is 1. The van der Waals surface area contributed by atoms with E-state index >= 15 is 0 Å². The van der Waals surface area contributed by atoms with Crippen LogP contribution < -0.4 is 0 Å². The Morgan fingerprint density at radius 1 is 1.28 bits per heavy atom. The van der Waals surface area contributed by atoms with Gasteiger partial charge >= 0.3 is 5.97 Å². The number of aromatic nitrogens is 1. The molecule has 0 amide bonds. The maximum absolute atomic E-state index is 13.4. The number of allylic oxidation sites excluding steroid dienone is 1. The van der Waals surface area contributed by atoms with Crippen LogP contribution in [-0.2, 0) is 16.0 Å². The van der Waals surface area contributed by atoms with Crippen molar-refractivity contribution < 1.29 is 19.8 Å². The van der Waals surface area contributed by atoms with Crippen molar-refractivity contribution in [3.05, 3.63) is 71.1 Å². The number of aromatic amines is 1. The molecule has 166 valence electrons. The highest BCUT2D eigenvalue weighted by Crippen LogP contribution is 2.53. The molecule has 32 heavy (non-hydrogen) atoms. The molecule has 1 aliphatic heterocycles. The van der Waals surface area contributed by atoms with Gasteiger partial charge in [-0.3, -0.25) is 4.79 Å². The van der Waals surface area contributed by atoms with Crippen LogP contribution in [0.2, 0.25) is 0 Å². The van der Waals surface area contributed by atoms with E-state index in [4.69, 9.17) is 0 Å². The normalized spacial score (nSPS) is 27.4. The van der Waals surface area contributed by atoms with Crippen molar-refractivity contribution in [2.75, 3.05) is 6.54 Å². The summed E-state index contributed by atoms with van der Waals surface area (Å²) >= 11 is 0. The highest BCUT2D eigenvalue weighted by molar-refractivity contribution is 6.14. The van der Waals surface area contributed by atoms with Crippen LogP contribution >= 0.6 is 0 Å². The largest absolute Gasteiger partial charge is 0.480 e. The van der Waals surface area contributed by atoms with Crippen molar-refractivity contribution in [2.24, 2.45) is 11.3 Å². The second kappa shape index (κ2) is 6.94. The van der Waals surface area contributed by atoms with Crippen molar-refractivity contribution in [2.45, 2.75) is 45.3 Å². The van der Waals surface area contributed by atoms with Gasteiger partial charge in [0.1, 0.15) is 6.04 Å². The molecule has 3 aliphatic rings. The maximum atomic E-state index is 13.4. The summed E-state index contributed by atoms with van der Waals surface area (Å²) in [6.07, 6.45) is 8.34. The van der Waals surface area contributed by atoms with E-state index in [-0.39, 0.29) is 17.1 Å². The van der Waals surface area contributed by atoms with Gasteiger partial charge in [-0.05, 0) is 36.0 Å². The smallest absolute Gasteiger partial charge is 0.326 e. The Bertz CT molecular complexity index is 1230. The minimum Gasteiger partial charge on any atom is -0.480 e. The Morgan fingerprint density at radius 2 is 2.03 bits per heavy atom. The summed E-state index contributed by atoms with van der Waals surface area (Å²) in [7, 11) is 0. The first kappa shape index (κ1) is 20.8. The van der Waals surface area contributed by atoms with Crippen LogP contribution in [0.4, 0.5) is 0 Å². The topological polar surface area (TPSA) is 93.6 Å². The third kappa shape index (κ3) is 3.13. The first-order valence-corrected chi connectivity index (χ1v) is 11.0. The van der Waals surface area contributed by atoms with Crippen molar-refractivity contribution in [3.63, 3.8) is 0 Å².